The standard InChI is InChI=1S/C15H17N3O3S/c1-11(17(2)9-12-7-8-22-10-12)15(19)16-13-5-3-4-6-14(13)18(20)21/h3-8,10-11H,9H2,1-2H3,(H,16,19)/t11-/m0/s1. The van der Waals surface area contributed by atoms with Crippen LogP contribution in [0.4, 0.5) is 11.4 Å². The fraction of sp³-hybridized carbons (Fsp3) is 0.267. The quantitative estimate of drug-likeness (QED) is 0.655. The molecule has 2 rings (SSSR count). The third-order valence-corrected chi connectivity index (χ3v) is 4.14. The van der Waals surface area contributed by atoms with Gasteiger partial charge in [0.25, 0.3) is 5.69 Å². The molecule has 0 unspecified atom stereocenters. The second kappa shape index (κ2) is 7.15. The average molecular weight is 319 g/mol. The molecule has 2 aromatic rings. The van der Waals surface area contributed by atoms with Gasteiger partial charge in [-0.15, -0.1) is 0 Å². The van der Waals surface area contributed by atoms with E-state index < -0.39 is 11.0 Å². The van der Waals surface area contributed by atoms with E-state index in [2.05, 4.69) is 5.32 Å². The largest absolute Gasteiger partial charge is 0.319 e. The molecule has 0 saturated heterocycles. The zero-order chi connectivity index (χ0) is 16.1. The number of nitro groups is 1. The van der Waals surface area contributed by atoms with Gasteiger partial charge >= 0.3 is 0 Å². The SMILES string of the molecule is C[C@@H](C(=O)Nc1ccccc1[N+](=O)[O-])N(C)Cc1ccsc1. The lowest BCUT2D eigenvalue weighted by atomic mass is 10.2. The Balaban J connectivity index is 2.04. The molecule has 0 aliphatic heterocycles. The van der Waals surface area contributed by atoms with Crippen LogP contribution in [0.5, 0.6) is 0 Å². The Bertz CT molecular complexity index is 658. The van der Waals surface area contributed by atoms with Gasteiger partial charge in [0.05, 0.1) is 11.0 Å². The van der Waals surface area contributed by atoms with Crippen molar-refractivity contribution in [1.29, 1.82) is 0 Å². The van der Waals surface area contributed by atoms with Gasteiger partial charge in [0, 0.05) is 12.6 Å². The fourth-order valence-corrected chi connectivity index (χ4v) is 2.64. The molecule has 1 atom stereocenters. The predicted molar refractivity (Wildman–Crippen MR) is 87.0 cm³/mol. The number of amides is 1. The Hall–Kier alpha value is -2.25. The van der Waals surface area contributed by atoms with Gasteiger partial charge in [-0.05, 0) is 42.4 Å². The lowest BCUT2D eigenvalue weighted by Gasteiger charge is -2.23. The molecule has 0 bridgehead atoms. The molecule has 116 valence electrons. The smallest absolute Gasteiger partial charge is 0.292 e. The normalized spacial score (nSPS) is 12.1. The highest BCUT2D eigenvalue weighted by Gasteiger charge is 2.21. The number of anilines is 1. The molecule has 1 amide bonds. The summed E-state index contributed by atoms with van der Waals surface area (Å²) in [5.74, 6) is -0.271. The predicted octanol–water partition coefficient (Wildman–Crippen LogP) is 3.12. The first kappa shape index (κ1) is 16.1. The minimum absolute atomic E-state index is 0.108. The third kappa shape index (κ3) is 3.90. The summed E-state index contributed by atoms with van der Waals surface area (Å²) in [6, 6.07) is 7.73. The molecule has 0 aliphatic rings. The number of nitro benzene ring substituents is 1. The monoisotopic (exact) mass is 319 g/mol. The van der Waals surface area contributed by atoms with Crippen molar-refractivity contribution in [2.45, 2.75) is 19.5 Å². The van der Waals surface area contributed by atoms with Crippen LogP contribution in [0.1, 0.15) is 12.5 Å². The van der Waals surface area contributed by atoms with Crippen molar-refractivity contribution in [3.8, 4) is 0 Å². The minimum Gasteiger partial charge on any atom is -0.319 e. The number of para-hydroxylation sites is 2. The van der Waals surface area contributed by atoms with Crippen LogP contribution in [0.25, 0.3) is 0 Å². The Labute approximate surface area is 132 Å². The summed E-state index contributed by atoms with van der Waals surface area (Å²) in [6.07, 6.45) is 0. The zero-order valence-electron chi connectivity index (χ0n) is 12.4. The minimum atomic E-state index is -0.505. The maximum Gasteiger partial charge on any atom is 0.292 e. The topological polar surface area (TPSA) is 75.5 Å². The second-order valence-corrected chi connectivity index (χ2v) is 5.77. The molecule has 0 spiro atoms. The van der Waals surface area contributed by atoms with E-state index in [1.54, 1.807) is 30.4 Å². The number of hydrogen-bond acceptors (Lipinski definition) is 5. The van der Waals surface area contributed by atoms with Crippen molar-refractivity contribution in [3.63, 3.8) is 0 Å². The molecule has 0 fully saturated rings. The first-order chi connectivity index (χ1) is 10.5. The summed E-state index contributed by atoms with van der Waals surface area (Å²) in [4.78, 5) is 24.6. The average Bonchev–Trinajstić information content (AvgIpc) is 2.99. The maximum absolute atomic E-state index is 12.3. The van der Waals surface area contributed by atoms with Gasteiger partial charge in [0.15, 0.2) is 0 Å². The maximum atomic E-state index is 12.3. The molecule has 1 N–H and O–H groups in total. The van der Waals surface area contributed by atoms with E-state index >= 15 is 0 Å². The molecule has 22 heavy (non-hydrogen) atoms. The molecule has 0 aliphatic carbocycles. The highest BCUT2D eigenvalue weighted by atomic mass is 32.1. The van der Waals surface area contributed by atoms with Gasteiger partial charge in [0.2, 0.25) is 5.91 Å². The number of hydrogen-bond donors (Lipinski definition) is 1. The van der Waals surface area contributed by atoms with Crippen LogP contribution in [-0.4, -0.2) is 28.8 Å². The van der Waals surface area contributed by atoms with Crippen molar-refractivity contribution >= 4 is 28.6 Å². The zero-order valence-corrected chi connectivity index (χ0v) is 13.2. The van der Waals surface area contributed by atoms with E-state index in [-0.39, 0.29) is 17.3 Å². The first-order valence-corrected chi connectivity index (χ1v) is 7.69. The van der Waals surface area contributed by atoms with Gasteiger partial charge in [-0.1, -0.05) is 12.1 Å². The molecule has 1 aromatic carbocycles. The van der Waals surface area contributed by atoms with Crippen molar-refractivity contribution in [2.75, 3.05) is 12.4 Å². The Morgan fingerprint density at radius 2 is 2.14 bits per heavy atom. The third-order valence-electron chi connectivity index (χ3n) is 3.41. The van der Waals surface area contributed by atoms with Crippen LogP contribution in [0, 0.1) is 10.1 Å². The van der Waals surface area contributed by atoms with Crippen LogP contribution in [0.2, 0.25) is 0 Å². The Morgan fingerprint density at radius 1 is 1.41 bits per heavy atom. The molecule has 6 nitrogen and oxygen atoms in total. The highest BCUT2D eigenvalue weighted by molar-refractivity contribution is 7.07. The van der Waals surface area contributed by atoms with E-state index in [1.807, 2.05) is 28.8 Å². The first-order valence-electron chi connectivity index (χ1n) is 6.74. The van der Waals surface area contributed by atoms with Crippen LogP contribution in [-0.2, 0) is 11.3 Å². The number of likely N-dealkylation sites (N-methyl/N-ethyl adjacent to an activating group) is 1. The van der Waals surface area contributed by atoms with Gasteiger partial charge in [-0.25, -0.2) is 0 Å². The van der Waals surface area contributed by atoms with E-state index in [1.165, 1.54) is 12.1 Å². The van der Waals surface area contributed by atoms with Gasteiger partial charge in [-0.2, -0.15) is 11.3 Å². The molecule has 7 heteroatoms. The molecule has 1 heterocycles. The summed E-state index contributed by atoms with van der Waals surface area (Å²) in [6.45, 7) is 2.42. The number of nitrogens with one attached hydrogen (secondary N) is 1. The summed E-state index contributed by atoms with van der Waals surface area (Å²) < 4.78 is 0. The van der Waals surface area contributed by atoms with Crippen LogP contribution < -0.4 is 5.32 Å². The lowest BCUT2D eigenvalue weighted by molar-refractivity contribution is -0.383. The molecule has 1 aromatic heterocycles. The Morgan fingerprint density at radius 3 is 2.77 bits per heavy atom. The number of carbonyl (C=O) groups is 1. The lowest BCUT2D eigenvalue weighted by Crippen LogP contribution is -2.39. The molecular weight excluding hydrogens is 302 g/mol. The summed E-state index contributed by atoms with van der Waals surface area (Å²) in [7, 11) is 1.85. The van der Waals surface area contributed by atoms with Gasteiger partial charge < -0.3 is 5.32 Å². The fourth-order valence-electron chi connectivity index (χ4n) is 1.98. The number of rotatable bonds is 6. The number of carbonyl (C=O) groups excluding carboxylic acids is 1. The van der Waals surface area contributed by atoms with Gasteiger partial charge in [0.1, 0.15) is 5.69 Å². The molecular formula is C15H17N3O3S. The highest BCUT2D eigenvalue weighted by Crippen LogP contribution is 2.23. The Kier molecular flexibility index (Phi) is 5.24. The second-order valence-electron chi connectivity index (χ2n) is 4.99. The van der Waals surface area contributed by atoms with Crippen molar-refractivity contribution in [2.24, 2.45) is 0 Å². The van der Waals surface area contributed by atoms with Gasteiger partial charge in [-0.3, -0.25) is 19.8 Å². The van der Waals surface area contributed by atoms with E-state index in [0.717, 1.165) is 5.56 Å². The van der Waals surface area contributed by atoms with Crippen LogP contribution >= 0.6 is 11.3 Å². The molecule has 0 saturated carbocycles. The van der Waals surface area contributed by atoms with Crippen molar-refractivity contribution in [1.82, 2.24) is 4.90 Å². The number of thiophene rings is 1. The van der Waals surface area contributed by atoms with Crippen molar-refractivity contribution < 1.29 is 9.72 Å². The van der Waals surface area contributed by atoms with Crippen LogP contribution in [0.3, 0.4) is 0 Å². The number of benzene rings is 1. The summed E-state index contributed by atoms with van der Waals surface area (Å²) in [5.41, 5.74) is 1.25. The van der Waals surface area contributed by atoms with Crippen molar-refractivity contribution in [3.05, 3.63) is 56.8 Å². The summed E-state index contributed by atoms with van der Waals surface area (Å²) >= 11 is 1.61. The van der Waals surface area contributed by atoms with E-state index in [0.29, 0.717) is 6.54 Å². The van der Waals surface area contributed by atoms with Crippen LogP contribution in [0.15, 0.2) is 41.1 Å². The number of nitrogens with zero attached hydrogens (tertiary/aromatic N) is 2. The van der Waals surface area contributed by atoms with E-state index in [4.69, 9.17) is 0 Å². The molecule has 0 radical (unpaired) electrons. The summed E-state index contributed by atoms with van der Waals surface area (Å²) in [5, 5.41) is 17.6. The van der Waals surface area contributed by atoms with E-state index in [9.17, 15) is 14.9 Å².